The second-order valence-corrected chi connectivity index (χ2v) is 21.2. The monoisotopic (exact) mass is 1140 g/mol. The summed E-state index contributed by atoms with van der Waals surface area (Å²) in [5.41, 5.74) is 3.40. The van der Waals surface area contributed by atoms with Crippen molar-refractivity contribution >= 4 is 43.6 Å². The maximum absolute atomic E-state index is 14.4. The molecule has 0 amide bonds. The maximum atomic E-state index is 14.4. The lowest BCUT2D eigenvalue weighted by molar-refractivity contribution is -0.138. The fourth-order valence-electron chi connectivity index (χ4n) is 11.6. The van der Waals surface area contributed by atoms with Gasteiger partial charge in [-0.05, 0) is 197 Å². The lowest BCUT2D eigenvalue weighted by Gasteiger charge is -2.21. The third-order valence-electron chi connectivity index (χ3n) is 15.2. The molecule has 3 heterocycles. The summed E-state index contributed by atoms with van der Waals surface area (Å²) < 4.78 is 177. The molecule has 16 heteroatoms. The Balaban J connectivity index is 1.23. The Labute approximate surface area is 471 Å². The first-order valence-corrected chi connectivity index (χ1v) is 26.1. The topological polar surface area (TPSA) is 46.5 Å². The van der Waals surface area contributed by atoms with Crippen LogP contribution in [0, 0.1) is 39.0 Å². The van der Waals surface area contributed by atoms with Gasteiger partial charge in [-0.1, -0.05) is 72.8 Å². The van der Waals surface area contributed by atoms with Gasteiger partial charge in [0.15, 0.2) is 0 Å². The zero-order chi connectivity index (χ0) is 59.5. The molecule has 0 aliphatic heterocycles. The molecule has 0 saturated carbocycles. The van der Waals surface area contributed by atoms with Crippen LogP contribution in [0.25, 0.3) is 111 Å². The largest absolute Gasteiger partial charge is 0.416 e. The molecule has 418 valence electrons. The van der Waals surface area contributed by atoms with Crippen LogP contribution in [0.3, 0.4) is 0 Å². The lowest BCUT2D eigenvalue weighted by atomic mass is 9.97. The molecule has 12 rings (SSSR count). The molecule has 0 aliphatic rings. The highest BCUT2D eigenvalue weighted by atomic mass is 19.4. The van der Waals surface area contributed by atoms with E-state index in [2.05, 4.69) is 11.1 Å². The van der Waals surface area contributed by atoms with E-state index in [1.807, 2.05) is 0 Å². The van der Waals surface area contributed by atoms with E-state index in [9.17, 15) is 57.9 Å². The Morgan fingerprint density at radius 3 is 0.845 bits per heavy atom. The number of hydrogen-bond donors (Lipinski definition) is 0. The van der Waals surface area contributed by atoms with Crippen LogP contribution in [-0.4, -0.2) is 14.1 Å². The highest BCUT2D eigenvalue weighted by Gasteiger charge is 2.35. The molecule has 12 aromatic rings. The Kier molecular flexibility index (Phi) is 12.9. The quantitative estimate of drug-likeness (QED) is 0.149. The Hall–Kier alpha value is -9.62. The predicted octanol–water partition coefficient (Wildman–Crippen LogP) is 20.8. The minimum Gasteiger partial charge on any atom is -0.308 e. The first-order valence-electron chi connectivity index (χ1n) is 26.1. The van der Waals surface area contributed by atoms with Crippen LogP contribution in [-0.2, 0) is 24.7 Å². The number of nitriles is 1. The number of rotatable bonds is 7. The third kappa shape index (κ3) is 9.96. The van der Waals surface area contributed by atoms with Crippen molar-refractivity contribution < 1.29 is 52.7 Å². The van der Waals surface area contributed by atoms with E-state index in [-0.39, 0.29) is 27.8 Å². The van der Waals surface area contributed by atoms with Crippen molar-refractivity contribution in [2.24, 2.45) is 0 Å². The second kappa shape index (κ2) is 19.8. The van der Waals surface area contributed by atoms with Gasteiger partial charge < -0.3 is 9.13 Å². The molecule has 0 atom stereocenters. The molecular formula is C68H42F12N4. The van der Waals surface area contributed by atoms with E-state index in [0.717, 1.165) is 48.5 Å². The zero-order valence-electron chi connectivity index (χ0n) is 44.6. The number of nitrogens with zero attached hydrogens (tertiary/aromatic N) is 4. The molecule has 0 spiro atoms. The molecule has 4 nitrogen and oxygen atoms in total. The summed E-state index contributed by atoms with van der Waals surface area (Å²) in [5, 5.41) is 13.5. The summed E-state index contributed by atoms with van der Waals surface area (Å²) in [6, 6.07) is 44.2. The van der Waals surface area contributed by atoms with E-state index in [0.29, 0.717) is 111 Å². The zero-order valence-corrected chi connectivity index (χ0v) is 44.6. The highest BCUT2D eigenvalue weighted by Crippen LogP contribution is 2.47. The van der Waals surface area contributed by atoms with Gasteiger partial charge in [0.25, 0.3) is 0 Å². The van der Waals surface area contributed by atoms with Gasteiger partial charge in [0.05, 0.1) is 67.3 Å². The average Bonchev–Trinajstić information content (AvgIpc) is 1.74. The smallest absolute Gasteiger partial charge is 0.308 e. The minimum atomic E-state index is -4.70. The molecular weight excluding hydrogens is 1100 g/mol. The van der Waals surface area contributed by atoms with E-state index < -0.39 is 47.0 Å². The number of benzene rings is 9. The SMILES string of the molecule is Cc1cc(-c2ccc3c4ccc(-c5cc(C)cc(C(F)(F)F)c5)cc4n(-c4cc(C#N)cc(-n5c6cc(-c7cc(C)cc(C(F)(F)F)c7)ccc6c6ccc(-c7cc(C)cc(C(F)(F)F)c7)cc65)c4-c4ccncc4)c3c2)cc(C(F)(F)F)c1. The fourth-order valence-corrected chi connectivity index (χ4v) is 11.6. The Bertz CT molecular complexity index is 4210. The van der Waals surface area contributed by atoms with E-state index >= 15 is 0 Å². The van der Waals surface area contributed by atoms with Crippen LogP contribution in [0.4, 0.5) is 52.7 Å². The molecule has 0 radical (unpaired) electrons. The van der Waals surface area contributed by atoms with Crippen molar-refractivity contribution in [3.05, 3.63) is 232 Å². The summed E-state index contributed by atoms with van der Waals surface area (Å²) in [7, 11) is 0. The van der Waals surface area contributed by atoms with Crippen LogP contribution in [0.1, 0.15) is 50.1 Å². The van der Waals surface area contributed by atoms with E-state index in [4.69, 9.17) is 0 Å². The van der Waals surface area contributed by atoms with Crippen molar-refractivity contribution in [1.29, 1.82) is 5.26 Å². The van der Waals surface area contributed by atoms with E-state index in [1.54, 1.807) is 158 Å². The van der Waals surface area contributed by atoms with Crippen molar-refractivity contribution in [1.82, 2.24) is 14.1 Å². The molecule has 0 unspecified atom stereocenters. The first-order chi connectivity index (χ1) is 39.7. The fraction of sp³-hybridized carbons (Fsp3) is 0.118. The molecule has 0 fully saturated rings. The summed E-state index contributed by atoms with van der Waals surface area (Å²) in [4.78, 5) is 4.31. The molecule has 9 aromatic carbocycles. The van der Waals surface area contributed by atoms with E-state index in [1.165, 1.54) is 12.4 Å². The van der Waals surface area contributed by atoms with Gasteiger partial charge in [-0.3, -0.25) is 4.98 Å². The summed E-state index contributed by atoms with van der Waals surface area (Å²) in [6.07, 6.45) is -15.7. The third-order valence-corrected chi connectivity index (χ3v) is 15.2. The lowest BCUT2D eigenvalue weighted by Crippen LogP contribution is -2.06. The maximum Gasteiger partial charge on any atom is 0.416 e. The highest BCUT2D eigenvalue weighted by molar-refractivity contribution is 6.14. The molecule has 0 bridgehead atoms. The number of halogens is 12. The number of aromatic nitrogens is 3. The molecule has 3 aromatic heterocycles. The van der Waals surface area contributed by atoms with Gasteiger partial charge >= 0.3 is 24.7 Å². The number of fused-ring (bicyclic) bond motifs is 6. The Morgan fingerprint density at radius 2 is 0.595 bits per heavy atom. The van der Waals surface area contributed by atoms with Gasteiger partial charge in [0.2, 0.25) is 0 Å². The summed E-state index contributed by atoms with van der Waals surface area (Å²) >= 11 is 0. The molecule has 0 N–H and O–H groups in total. The van der Waals surface area contributed by atoms with Crippen molar-refractivity contribution in [2.45, 2.75) is 52.4 Å². The van der Waals surface area contributed by atoms with Crippen LogP contribution in [0.2, 0.25) is 0 Å². The molecule has 0 saturated heterocycles. The van der Waals surface area contributed by atoms with Crippen molar-refractivity contribution in [3.63, 3.8) is 0 Å². The molecule has 84 heavy (non-hydrogen) atoms. The first kappa shape index (κ1) is 54.9. The van der Waals surface area contributed by atoms with Crippen LogP contribution < -0.4 is 0 Å². The van der Waals surface area contributed by atoms with Crippen LogP contribution >= 0.6 is 0 Å². The van der Waals surface area contributed by atoms with Crippen LogP contribution in [0.5, 0.6) is 0 Å². The van der Waals surface area contributed by atoms with Gasteiger partial charge in [-0.15, -0.1) is 0 Å². The standard InChI is InChI=1S/C68H42F12N4/c1-36-17-46(27-50(21-36)65(69,70)71)42-5-9-54-55-10-6-43(47-18-37(2)22-51(28-47)66(72,73)74)32-59(55)83(58(54)31-42)62-25-40(35-81)26-63(64(62)41-13-15-82-16-14-41)84-60-33-44(48-19-38(3)23-52(29-48)67(75,76)77)7-11-56(60)57-12-8-45(34-61(57)84)49-20-39(4)24-53(30-49)68(78,79)80/h5-34H,1-4H3. The second-order valence-electron chi connectivity index (χ2n) is 21.2. The van der Waals surface area contributed by atoms with Crippen molar-refractivity contribution in [2.75, 3.05) is 0 Å². The van der Waals surface area contributed by atoms with Crippen LogP contribution in [0.15, 0.2) is 182 Å². The van der Waals surface area contributed by atoms with Gasteiger partial charge in [-0.2, -0.15) is 57.9 Å². The van der Waals surface area contributed by atoms with Gasteiger partial charge in [0, 0.05) is 39.5 Å². The number of alkyl halides is 12. The number of hydrogen-bond acceptors (Lipinski definition) is 2. The normalized spacial score (nSPS) is 12.5. The van der Waals surface area contributed by atoms with Gasteiger partial charge in [-0.25, -0.2) is 0 Å². The van der Waals surface area contributed by atoms with Crippen molar-refractivity contribution in [3.8, 4) is 73.1 Å². The Morgan fingerprint density at radius 1 is 0.321 bits per heavy atom. The van der Waals surface area contributed by atoms with Gasteiger partial charge in [0.1, 0.15) is 0 Å². The number of aryl methyl sites for hydroxylation is 4. The summed E-state index contributed by atoms with van der Waals surface area (Å²) in [6.45, 7) is 6.18. The molecule has 0 aliphatic carbocycles. The predicted molar refractivity (Wildman–Crippen MR) is 304 cm³/mol. The number of pyridine rings is 1. The minimum absolute atomic E-state index is 0.0615. The average molecular weight is 1140 g/mol. The summed E-state index contributed by atoms with van der Waals surface area (Å²) in [5.74, 6) is 0.